The summed E-state index contributed by atoms with van der Waals surface area (Å²) >= 11 is 0. The number of anilines is 1. The van der Waals surface area contributed by atoms with E-state index in [-0.39, 0.29) is 6.61 Å². The van der Waals surface area contributed by atoms with E-state index in [1.165, 1.54) is 10.6 Å². The summed E-state index contributed by atoms with van der Waals surface area (Å²) in [6.07, 6.45) is -0.563. The van der Waals surface area contributed by atoms with Gasteiger partial charge in [0.1, 0.15) is 25.0 Å². The molecule has 2 aromatic rings. The van der Waals surface area contributed by atoms with Gasteiger partial charge >= 0.3 is 0 Å². The van der Waals surface area contributed by atoms with Gasteiger partial charge in [-0.15, -0.1) is 0 Å². The Morgan fingerprint density at radius 2 is 1.55 bits per heavy atom. The lowest BCUT2D eigenvalue weighted by Gasteiger charge is -2.34. The van der Waals surface area contributed by atoms with Crippen LogP contribution in [0.5, 0.6) is 23.0 Å². The van der Waals surface area contributed by atoms with Gasteiger partial charge in [0, 0.05) is 5.69 Å². The molecule has 1 fully saturated rings. The van der Waals surface area contributed by atoms with E-state index in [0.717, 1.165) is 31.9 Å². The molecule has 0 aliphatic carbocycles. The molecule has 1 saturated heterocycles. The standard InChI is InChI=1S/C22H30N2O5/c1-26-19-9-7-17(8-10-19)24-13-11-23(12-14-24)15-18(25)16-29-22-20(27-2)5-4-6-21(22)28-3/h4-10,18,25H,11-16H2,1-3H3/p+1/t18-/m1/s1. The highest BCUT2D eigenvalue weighted by Gasteiger charge is 2.23. The van der Waals surface area contributed by atoms with Crippen LogP contribution in [0.2, 0.25) is 0 Å². The summed E-state index contributed by atoms with van der Waals surface area (Å²) in [4.78, 5) is 3.74. The number of aliphatic hydroxyl groups is 1. The first-order valence-electron chi connectivity index (χ1n) is 9.89. The van der Waals surface area contributed by atoms with E-state index in [1.54, 1.807) is 21.3 Å². The number of hydrogen-bond acceptors (Lipinski definition) is 6. The number of hydrogen-bond donors (Lipinski definition) is 2. The minimum atomic E-state index is -0.563. The van der Waals surface area contributed by atoms with E-state index in [1.807, 2.05) is 30.3 Å². The minimum absolute atomic E-state index is 0.197. The summed E-state index contributed by atoms with van der Waals surface area (Å²) in [6.45, 7) is 4.70. The lowest BCUT2D eigenvalue weighted by atomic mass is 10.2. The van der Waals surface area contributed by atoms with Crippen LogP contribution < -0.4 is 28.7 Å². The Balaban J connectivity index is 1.47. The van der Waals surface area contributed by atoms with E-state index < -0.39 is 6.10 Å². The van der Waals surface area contributed by atoms with Crippen molar-refractivity contribution in [1.29, 1.82) is 0 Å². The average molecular weight is 403 g/mol. The van der Waals surface area contributed by atoms with Gasteiger partial charge in [0.05, 0.1) is 47.5 Å². The third kappa shape index (κ3) is 5.46. The first kappa shape index (κ1) is 21.1. The van der Waals surface area contributed by atoms with Crippen molar-refractivity contribution in [1.82, 2.24) is 0 Å². The molecule has 1 aliphatic rings. The van der Waals surface area contributed by atoms with Crippen LogP contribution in [0.1, 0.15) is 0 Å². The molecule has 3 rings (SSSR count). The molecule has 0 saturated carbocycles. The predicted molar refractivity (Wildman–Crippen MR) is 112 cm³/mol. The van der Waals surface area contributed by atoms with Gasteiger partial charge < -0.3 is 33.9 Å². The van der Waals surface area contributed by atoms with Crippen LogP contribution in [-0.2, 0) is 0 Å². The van der Waals surface area contributed by atoms with Gasteiger partial charge in [0.25, 0.3) is 0 Å². The number of methoxy groups -OCH3 is 3. The van der Waals surface area contributed by atoms with Crippen LogP contribution in [-0.4, -0.2) is 71.9 Å². The fraction of sp³-hybridized carbons (Fsp3) is 0.455. The van der Waals surface area contributed by atoms with Crippen molar-refractivity contribution < 1.29 is 29.0 Å². The van der Waals surface area contributed by atoms with Crippen molar-refractivity contribution >= 4 is 5.69 Å². The van der Waals surface area contributed by atoms with Crippen molar-refractivity contribution in [2.45, 2.75) is 6.10 Å². The number of aliphatic hydroxyl groups excluding tert-OH is 1. The molecule has 0 amide bonds. The zero-order chi connectivity index (χ0) is 20.6. The maximum absolute atomic E-state index is 10.5. The van der Waals surface area contributed by atoms with Crippen molar-refractivity contribution in [2.75, 3.05) is 65.6 Å². The maximum atomic E-state index is 10.5. The van der Waals surface area contributed by atoms with Gasteiger partial charge in [-0.2, -0.15) is 0 Å². The molecule has 7 heteroatoms. The number of rotatable bonds is 9. The largest absolute Gasteiger partial charge is 0.497 e. The Kier molecular flexibility index (Phi) is 7.43. The predicted octanol–water partition coefficient (Wildman–Crippen LogP) is 0.857. The number of ether oxygens (including phenoxy) is 4. The second-order valence-corrected chi connectivity index (χ2v) is 7.10. The number of nitrogens with zero attached hydrogens (tertiary/aromatic N) is 1. The Morgan fingerprint density at radius 1 is 0.931 bits per heavy atom. The van der Waals surface area contributed by atoms with Gasteiger partial charge in [-0.05, 0) is 36.4 Å². The van der Waals surface area contributed by atoms with Gasteiger partial charge in [-0.25, -0.2) is 0 Å². The molecular weight excluding hydrogens is 372 g/mol. The summed E-state index contributed by atoms with van der Waals surface area (Å²) in [6, 6.07) is 13.6. The third-order valence-corrected chi connectivity index (χ3v) is 5.24. The molecule has 29 heavy (non-hydrogen) atoms. The molecule has 2 aromatic carbocycles. The monoisotopic (exact) mass is 403 g/mol. The number of piperazine rings is 1. The molecule has 0 aromatic heterocycles. The summed E-state index contributed by atoms with van der Waals surface area (Å²) in [5, 5.41) is 10.5. The highest BCUT2D eigenvalue weighted by molar-refractivity contribution is 5.51. The SMILES string of the molecule is COc1ccc(N2CC[NH+](C[C@@H](O)COc3c(OC)cccc3OC)CC2)cc1. The highest BCUT2D eigenvalue weighted by atomic mass is 16.5. The fourth-order valence-corrected chi connectivity index (χ4v) is 3.61. The fourth-order valence-electron chi connectivity index (χ4n) is 3.61. The first-order chi connectivity index (χ1) is 14.1. The first-order valence-corrected chi connectivity index (χ1v) is 9.89. The van der Waals surface area contributed by atoms with Crippen molar-refractivity contribution in [2.24, 2.45) is 0 Å². The van der Waals surface area contributed by atoms with Crippen molar-refractivity contribution in [3.8, 4) is 23.0 Å². The lowest BCUT2D eigenvalue weighted by Crippen LogP contribution is -3.16. The Labute approximate surface area is 172 Å². The second-order valence-electron chi connectivity index (χ2n) is 7.10. The normalized spacial score (nSPS) is 15.7. The molecule has 1 atom stereocenters. The number of quaternary nitrogens is 1. The molecule has 0 spiro atoms. The zero-order valence-electron chi connectivity index (χ0n) is 17.4. The average Bonchev–Trinajstić information content (AvgIpc) is 2.78. The molecule has 1 heterocycles. The Morgan fingerprint density at radius 3 is 2.10 bits per heavy atom. The lowest BCUT2D eigenvalue weighted by molar-refractivity contribution is -0.903. The molecule has 0 radical (unpaired) electrons. The summed E-state index contributed by atoms with van der Waals surface area (Å²) in [5.74, 6) is 2.58. The number of para-hydroxylation sites is 1. The smallest absolute Gasteiger partial charge is 0.203 e. The second kappa shape index (κ2) is 10.2. The van der Waals surface area contributed by atoms with Gasteiger partial charge in [0.15, 0.2) is 11.5 Å². The quantitative estimate of drug-likeness (QED) is 0.648. The molecule has 2 N–H and O–H groups in total. The molecule has 7 nitrogen and oxygen atoms in total. The number of nitrogens with one attached hydrogen (secondary N) is 1. The number of benzene rings is 2. The minimum Gasteiger partial charge on any atom is -0.497 e. The van der Waals surface area contributed by atoms with Crippen LogP contribution in [0, 0.1) is 0 Å². The third-order valence-electron chi connectivity index (χ3n) is 5.24. The Bertz CT molecular complexity index is 738. The van der Waals surface area contributed by atoms with E-state index >= 15 is 0 Å². The van der Waals surface area contributed by atoms with Crippen LogP contribution in [0.25, 0.3) is 0 Å². The van der Waals surface area contributed by atoms with Gasteiger partial charge in [0.2, 0.25) is 5.75 Å². The maximum Gasteiger partial charge on any atom is 0.203 e. The molecular formula is C22H31N2O5+. The van der Waals surface area contributed by atoms with E-state index in [0.29, 0.717) is 23.8 Å². The van der Waals surface area contributed by atoms with Crippen LogP contribution in [0.15, 0.2) is 42.5 Å². The van der Waals surface area contributed by atoms with Crippen molar-refractivity contribution in [3.05, 3.63) is 42.5 Å². The summed E-state index contributed by atoms with van der Waals surface area (Å²) in [7, 11) is 4.85. The summed E-state index contributed by atoms with van der Waals surface area (Å²) < 4.78 is 21.7. The van der Waals surface area contributed by atoms with Crippen LogP contribution in [0.4, 0.5) is 5.69 Å². The Hall–Kier alpha value is -2.64. The van der Waals surface area contributed by atoms with Gasteiger partial charge in [-0.1, -0.05) is 6.07 Å². The van der Waals surface area contributed by atoms with Crippen LogP contribution >= 0.6 is 0 Å². The van der Waals surface area contributed by atoms with Crippen LogP contribution in [0.3, 0.4) is 0 Å². The van der Waals surface area contributed by atoms with E-state index in [4.69, 9.17) is 18.9 Å². The van der Waals surface area contributed by atoms with Gasteiger partial charge in [-0.3, -0.25) is 0 Å². The van der Waals surface area contributed by atoms with Crippen molar-refractivity contribution in [3.63, 3.8) is 0 Å². The molecule has 0 unspecified atom stereocenters. The highest BCUT2D eigenvalue weighted by Crippen LogP contribution is 2.36. The molecule has 158 valence electrons. The van der Waals surface area contributed by atoms with E-state index in [9.17, 15) is 5.11 Å². The topological polar surface area (TPSA) is 64.8 Å². The molecule has 0 bridgehead atoms. The zero-order valence-corrected chi connectivity index (χ0v) is 17.4. The summed E-state index contributed by atoms with van der Waals surface area (Å²) in [5.41, 5.74) is 1.21. The molecule has 1 aliphatic heterocycles. The van der Waals surface area contributed by atoms with E-state index in [2.05, 4.69) is 17.0 Å².